The highest BCUT2D eigenvalue weighted by molar-refractivity contribution is 5.77. The summed E-state index contributed by atoms with van der Waals surface area (Å²) < 4.78 is 4.77. The SMILES string of the molecule is CC.CC1CCCCC1.O=C1COCCN1. The van der Waals surface area contributed by atoms with Crippen molar-refractivity contribution in [1.29, 1.82) is 0 Å². The molecule has 1 N–H and O–H groups in total. The molecule has 1 amide bonds. The first-order valence-corrected chi connectivity index (χ1v) is 6.63. The standard InChI is InChI=1S/C7H14.C4H7NO2.C2H6/c1-7-5-3-2-4-6-7;6-4-3-7-2-1-5-4;1-2/h7H,2-6H2,1H3;1-3H2,(H,5,6);1-2H3. The second-order valence-electron chi connectivity index (χ2n) is 4.15. The van der Waals surface area contributed by atoms with E-state index in [1.807, 2.05) is 13.8 Å². The van der Waals surface area contributed by atoms with Gasteiger partial charge in [-0.25, -0.2) is 0 Å². The van der Waals surface area contributed by atoms with Gasteiger partial charge in [0.1, 0.15) is 6.61 Å². The van der Waals surface area contributed by atoms with Crippen LogP contribution in [0, 0.1) is 5.92 Å². The van der Waals surface area contributed by atoms with Gasteiger partial charge in [0.05, 0.1) is 6.61 Å². The van der Waals surface area contributed by atoms with E-state index >= 15 is 0 Å². The number of nitrogens with one attached hydrogen (secondary N) is 1. The minimum Gasteiger partial charge on any atom is -0.370 e. The summed E-state index contributed by atoms with van der Waals surface area (Å²) in [6, 6.07) is 0. The van der Waals surface area contributed by atoms with Gasteiger partial charge in [-0.2, -0.15) is 0 Å². The molecule has 96 valence electrons. The number of carbonyl (C=O) groups is 1. The number of hydrogen-bond acceptors (Lipinski definition) is 2. The molecule has 2 rings (SSSR count). The van der Waals surface area contributed by atoms with Crippen LogP contribution >= 0.6 is 0 Å². The first kappa shape index (κ1) is 15.4. The Morgan fingerprint density at radius 2 is 1.81 bits per heavy atom. The molecule has 0 atom stereocenters. The summed E-state index contributed by atoms with van der Waals surface area (Å²) in [5, 5.41) is 2.62. The van der Waals surface area contributed by atoms with Gasteiger partial charge in [-0.15, -0.1) is 0 Å². The van der Waals surface area contributed by atoms with Crippen molar-refractivity contribution in [3.63, 3.8) is 0 Å². The highest BCUT2D eigenvalue weighted by Crippen LogP contribution is 2.22. The van der Waals surface area contributed by atoms with Gasteiger partial charge in [0.25, 0.3) is 0 Å². The van der Waals surface area contributed by atoms with Crippen molar-refractivity contribution in [2.75, 3.05) is 19.8 Å². The third-order valence-electron chi connectivity index (χ3n) is 2.70. The number of ether oxygens (including phenoxy) is 1. The number of hydrogen-bond donors (Lipinski definition) is 1. The molecule has 0 unspecified atom stereocenters. The summed E-state index contributed by atoms with van der Waals surface area (Å²) >= 11 is 0. The predicted molar refractivity (Wildman–Crippen MR) is 67.4 cm³/mol. The molecule has 0 bridgehead atoms. The van der Waals surface area contributed by atoms with Gasteiger partial charge in [-0.3, -0.25) is 4.79 Å². The van der Waals surface area contributed by atoms with Gasteiger partial charge in [-0.1, -0.05) is 52.9 Å². The number of morpholine rings is 1. The Balaban J connectivity index is 0.000000244. The lowest BCUT2D eigenvalue weighted by Gasteiger charge is -2.15. The molecule has 0 aromatic rings. The van der Waals surface area contributed by atoms with Crippen LogP contribution in [0.25, 0.3) is 0 Å². The molecule has 3 heteroatoms. The monoisotopic (exact) mass is 229 g/mol. The minimum absolute atomic E-state index is 0.00810. The van der Waals surface area contributed by atoms with Crippen LogP contribution in [-0.2, 0) is 9.53 Å². The summed E-state index contributed by atoms with van der Waals surface area (Å²) in [7, 11) is 0. The molecular formula is C13H27NO2. The molecule has 1 aliphatic heterocycles. The smallest absolute Gasteiger partial charge is 0.246 e. The maximum Gasteiger partial charge on any atom is 0.246 e. The molecule has 1 aliphatic carbocycles. The third-order valence-corrected chi connectivity index (χ3v) is 2.70. The van der Waals surface area contributed by atoms with Gasteiger partial charge in [0, 0.05) is 6.54 Å². The summed E-state index contributed by atoms with van der Waals surface area (Å²) in [5.41, 5.74) is 0. The van der Waals surface area contributed by atoms with Crippen LogP contribution in [0.1, 0.15) is 52.9 Å². The van der Waals surface area contributed by atoms with Crippen molar-refractivity contribution in [3.8, 4) is 0 Å². The van der Waals surface area contributed by atoms with Gasteiger partial charge in [0.15, 0.2) is 0 Å². The van der Waals surface area contributed by atoms with E-state index in [0.29, 0.717) is 13.2 Å². The number of amides is 1. The molecule has 0 aromatic carbocycles. The molecule has 16 heavy (non-hydrogen) atoms. The molecule has 2 fully saturated rings. The molecule has 0 spiro atoms. The molecule has 0 radical (unpaired) electrons. The van der Waals surface area contributed by atoms with E-state index in [2.05, 4.69) is 12.2 Å². The zero-order chi connectivity index (χ0) is 12.2. The molecule has 1 saturated carbocycles. The molecule has 1 heterocycles. The van der Waals surface area contributed by atoms with Gasteiger partial charge in [-0.05, 0) is 5.92 Å². The van der Waals surface area contributed by atoms with Crippen molar-refractivity contribution in [1.82, 2.24) is 5.32 Å². The van der Waals surface area contributed by atoms with E-state index in [1.165, 1.54) is 32.1 Å². The first-order valence-electron chi connectivity index (χ1n) is 6.63. The average Bonchev–Trinajstić information content (AvgIpc) is 2.34. The van der Waals surface area contributed by atoms with Crippen molar-refractivity contribution < 1.29 is 9.53 Å². The van der Waals surface area contributed by atoms with Crippen LogP contribution in [0.4, 0.5) is 0 Å². The fraction of sp³-hybridized carbons (Fsp3) is 0.923. The first-order chi connectivity index (χ1) is 7.79. The molecule has 0 aromatic heterocycles. The Bertz CT molecular complexity index is 157. The number of rotatable bonds is 0. The maximum atomic E-state index is 10.2. The highest BCUT2D eigenvalue weighted by atomic mass is 16.5. The third kappa shape index (κ3) is 8.72. The van der Waals surface area contributed by atoms with E-state index < -0.39 is 0 Å². The minimum atomic E-state index is -0.00810. The Labute approximate surface area is 99.9 Å². The van der Waals surface area contributed by atoms with Crippen LogP contribution in [0.3, 0.4) is 0 Å². The average molecular weight is 229 g/mol. The molecule has 3 nitrogen and oxygen atoms in total. The second-order valence-corrected chi connectivity index (χ2v) is 4.15. The fourth-order valence-electron chi connectivity index (χ4n) is 1.79. The van der Waals surface area contributed by atoms with Crippen molar-refractivity contribution in [2.45, 2.75) is 52.9 Å². The lowest BCUT2D eigenvalue weighted by atomic mass is 9.91. The lowest BCUT2D eigenvalue weighted by molar-refractivity contribution is -0.128. The van der Waals surface area contributed by atoms with E-state index in [0.717, 1.165) is 5.92 Å². The molecular weight excluding hydrogens is 202 g/mol. The van der Waals surface area contributed by atoms with Crippen LogP contribution in [0.2, 0.25) is 0 Å². The highest BCUT2D eigenvalue weighted by Gasteiger charge is 2.06. The predicted octanol–water partition coefficient (Wildman–Crippen LogP) is 2.75. The maximum absolute atomic E-state index is 10.2. The largest absolute Gasteiger partial charge is 0.370 e. The molecule has 1 saturated heterocycles. The van der Waals surface area contributed by atoms with Crippen LogP contribution < -0.4 is 5.32 Å². The normalized spacial score (nSPS) is 20.8. The second kappa shape index (κ2) is 10.9. The van der Waals surface area contributed by atoms with Gasteiger partial charge < -0.3 is 10.1 Å². The Morgan fingerprint density at radius 3 is 2.06 bits per heavy atom. The Hall–Kier alpha value is -0.570. The topological polar surface area (TPSA) is 38.3 Å². The van der Waals surface area contributed by atoms with Crippen molar-refractivity contribution in [3.05, 3.63) is 0 Å². The van der Waals surface area contributed by atoms with Crippen LogP contribution in [0.5, 0.6) is 0 Å². The van der Waals surface area contributed by atoms with Crippen LogP contribution in [-0.4, -0.2) is 25.7 Å². The van der Waals surface area contributed by atoms with E-state index in [1.54, 1.807) is 0 Å². The van der Waals surface area contributed by atoms with Gasteiger partial charge in [0.2, 0.25) is 5.91 Å². The quantitative estimate of drug-likeness (QED) is 0.693. The lowest BCUT2D eigenvalue weighted by Crippen LogP contribution is -2.36. The van der Waals surface area contributed by atoms with E-state index in [9.17, 15) is 4.79 Å². The summed E-state index contributed by atoms with van der Waals surface area (Å²) in [4.78, 5) is 10.2. The van der Waals surface area contributed by atoms with E-state index in [-0.39, 0.29) is 12.5 Å². The van der Waals surface area contributed by atoms with Gasteiger partial charge >= 0.3 is 0 Å². The fourth-order valence-corrected chi connectivity index (χ4v) is 1.79. The summed E-state index contributed by atoms with van der Waals surface area (Å²) in [5.74, 6) is 1.03. The summed E-state index contributed by atoms with van der Waals surface area (Å²) in [6.07, 6.45) is 7.44. The van der Waals surface area contributed by atoms with Crippen LogP contribution in [0.15, 0.2) is 0 Å². The zero-order valence-electron chi connectivity index (χ0n) is 11.1. The summed E-state index contributed by atoms with van der Waals surface area (Å²) in [6.45, 7) is 7.92. The zero-order valence-corrected chi connectivity index (χ0v) is 11.1. The Kier molecular flexibility index (Phi) is 10.5. The molecule has 2 aliphatic rings. The number of carbonyl (C=O) groups excluding carboxylic acids is 1. The van der Waals surface area contributed by atoms with Crippen molar-refractivity contribution >= 4 is 5.91 Å². The van der Waals surface area contributed by atoms with Crippen molar-refractivity contribution in [2.24, 2.45) is 5.92 Å². The Morgan fingerprint density at radius 1 is 1.19 bits per heavy atom. The van der Waals surface area contributed by atoms with E-state index in [4.69, 9.17) is 4.74 Å².